The van der Waals surface area contributed by atoms with Crippen molar-refractivity contribution < 1.29 is 4.74 Å². The molecule has 0 fully saturated rings. The maximum Gasteiger partial charge on any atom is 0.0716 e. The van der Waals surface area contributed by atoms with Crippen LogP contribution in [0.15, 0.2) is 24.3 Å². The number of rotatable bonds is 8. The predicted octanol–water partition coefficient (Wildman–Crippen LogP) is 3.50. The topological polar surface area (TPSA) is 21.3 Å². The monoisotopic (exact) mass is 235 g/mol. The molecule has 1 unspecified atom stereocenters. The van der Waals surface area contributed by atoms with Crippen molar-refractivity contribution in [2.75, 3.05) is 7.11 Å². The first-order chi connectivity index (χ1) is 8.27. The van der Waals surface area contributed by atoms with E-state index >= 15 is 0 Å². The number of hydrogen-bond acceptors (Lipinski definition) is 2. The quantitative estimate of drug-likeness (QED) is 0.744. The molecule has 0 aliphatic rings. The van der Waals surface area contributed by atoms with Crippen LogP contribution >= 0.6 is 0 Å². The van der Waals surface area contributed by atoms with Crippen molar-refractivity contribution in [3.63, 3.8) is 0 Å². The van der Waals surface area contributed by atoms with E-state index in [4.69, 9.17) is 4.74 Å². The van der Waals surface area contributed by atoms with Gasteiger partial charge < -0.3 is 10.1 Å². The predicted molar refractivity (Wildman–Crippen MR) is 73.0 cm³/mol. The zero-order valence-electron chi connectivity index (χ0n) is 11.3. The van der Waals surface area contributed by atoms with Crippen LogP contribution in [0.4, 0.5) is 0 Å². The van der Waals surface area contributed by atoms with E-state index in [1.807, 2.05) is 0 Å². The zero-order valence-corrected chi connectivity index (χ0v) is 11.3. The summed E-state index contributed by atoms with van der Waals surface area (Å²) in [6.45, 7) is 6.13. The first-order valence-electron chi connectivity index (χ1n) is 6.57. The molecule has 1 rings (SSSR count). The number of hydrogen-bond donors (Lipinski definition) is 1. The smallest absolute Gasteiger partial charge is 0.0716 e. The molecule has 1 atom stereocenters. The molecule has 0 saturated carbocycles. The van der Waals surface area contributed by atoms with Gasteiger partial charge in [0.25, 0.3) is 0 Å². The Bertz CT molecular complexity index is 312. The second-order valence-electron chi connectivity index (χ2n) is 4.63. The van der Waals surface area contributed by atoms with Gasteiger partial charge in [-0.2, -0.15) is 0 Å². The molecule has 0 bridgehead atoms. The molecule has 1 N–H and O–H groups in total. The van der Waals surface area contributed by atoms with Crippen LogP contribution < -0.4 is 5.32 Å². The summed E-state index contributed by atoms with van der Waals surface area (Å²) in [5.41, 5.74) is 2.63. The van der Waals surface area contributed by atoms with E-state index in [1.54, 1.807) is 7.11 Å². The Balaban J connectivity index is 2.44. The molecule has 0 aliphatic heterocycles. The molecular formula is C15H25NO. The Kier molecular flexibility index (Phi) is 6.90. The van der Waals surface area contributed by atoms with Gasteiger partial charge in [0.05, 0.1) is 6.61 Å². The molecular weight excluding hydrogens is 210 g/mol. The third-order valence-corrected chi connectivity index (χ3v) is 3.05. The van der Waals surface area contributed by atoms with E-state index < -0.39 is 0 Å². The number of nitrogens with one attached hydrogen (secondary N) is 1. The molecule has 17 heavy (non-hydrogen) atoms. The molecule has 0 saturated heterocycles. The van der Waals surface area contributed by atoms with E-state index in [0.29, 0.717) is 12.6 Å². The second-order valence-corrected chi connectivity index (χ2v) is 4.63. The van der Waals surface area contributed by atoms with Crippen LogP contribution in [0.3, 0.4) is 0 Å². The van der Waals surface area contributed by atoms with Gasteiger partial charge in [-0.05, 0) is 24.5 Å². The van der Waals surface area contributed by atoms with Crippen molar-refractivity contribution in [3.05, 3.63) is 35.4 Å². The van der Waals surface area contributed by atoms with Gasteiger partial charge in [-0.1, -0.05) is 44.0 Å². The molecule has 96 valence electrons. The third kappa shape index (κ3) is 5.33. The molecule has 1 aromatic carbocycles. The third-order valence-electron chi connectivity index (χ3n) is 3.05. The van der Waals surface area contributed by atoms with E-state index in [-0.39, 0.29) is 0 Å². The molecule has 0 amide bonds. The second kappa shape index (κ2) is 8.26. The van der Waals surface area contributed by atoms with Gasteiger partial charge in [-0.3, -0.25) is 0 Å². The number of ether oxygens (including phenoxy) is 1. The Morgan fingerprint density at radius 2 is 1.94 bits per heavy atom. The molecule has 1 aromatic rings. The number of methoxy groups -OCH3 is 1. The minimum Gasteiger partial charge on any atom is -0.380 e. The van der Waals surface area contributed by atoms with E-state index in [9.17, 15) is 0 Å². The van der Waals surface area contributed by atoms with Crippen molar-refractivity contribution >= 4 is 0 Å². The first kappa shape index (κ1) is 14.2. The molecule has 0 aliphatic carbocycles. The van der Waals surface area contributed by atoms with Gasteiger partial charge in [-0.25, -0.2) is 0 Å². The fraction of sp³-hybridized carbons (Fsp3) is 0.600. The molecule has 2 nitrogen and oxygen atoms in total. The maximum atomic E-state index is 5.21. The fourth-order valence-electron chi connectivity index (χ4n) is 1.92. The molecule has 0 radical (unpaired) electrons. The van der Waals surface area contributed by atoms with Crippen molar-refractivity contribution in [2.45, 2.75) is 52.3 Å². The summed E-state index contributed by atoms with van der Waals surface area (Å²) in [6, 6.07) is 9.06. The largest absolute Gasteiger partial charge is 0.380 e. The van der Waals surface area contributed by atoms with Crippen molar-refractivity contribution in [2.24, 2.45) is 0 Å². The lowest BCUT2D eigenvalue weighted by Gasteiger charge is -2.15. The van der Waals surface area contributed by atoms with Crippen LogP contribution in [-0.4, -0.2) is 13.2 Å². The van der Waals surface area contributed by atoms with Crippen LogP contribution in [0.1, 0.15) is 44.2 Å². The van der Waals surface area contributed by atoms with Gasteiger partial charge in [0, 0.05) is 19.7 Å². The van der Waals surface area contributed by atoms with Crippen LogP contribution in [0.25, 0.3) is 0 Å². The van der Waals surface area contributed by atoms with Gasteiger partial charge in [0.2, 0.25) is 0 Å². The summed E-state index contributed by atoms with van der Waals surface area (Å²) >= 11 is 0. The Labute approximate surface area is 105 Å². The van der Waals surface area contributed by atoms with Crippen LogP contribution in [-0.2, 0) is 17.9 Å². The number of unbranched alkanes of at least 4 members (excludes halogenated alkanes) is 1. The average molecular weight is 235 g/mol. The maximum absolute atomic E-state index is 5.21. The summed E-state index contributed by atoms with van der Waals surface area (Å²) < 4.78 is 5.21. The highest BCUT2D eigenvalue weighted by molar-refractivity contribution is 5.26. The van der Waals surface area contributed by atoms with Gasteiger partial charge in [0.15, 0.2) is 0 Å². The molecule has 0 heterocycles. The Hall–Kier alpha value is -0.860. The highest BCUT2D eigenvalue weighted by Gasteiger charge is 2.04. The minimum absolute atomic E-state index is 0.588. The number of benzene rings is 1. The van der Waals surface area contributed by atoms with Crippen LogP contribution in [0, 0.1) is 0 Å². The van der Waals surface area contributed by atoms with Crippen molar-refractivity contribution in [1.82, 2.24) is 5.32 Å². The van der Waals surface area contributed by atoms with Crippen molar-refractivity contribution in [1.29, 1.82) is 0 Å². The highest BCUT2D eigenvalue weighted by Crippen LogP contribution is 2.10. The highest BCUT2D eigenvalue weighted by atomic mass is 16.5. The molecule has 0 spiro atoms. The van der Waals surface area contributed by atoms with Gasteiger partial charge >= 0.3 is 0 Å². The molecule has 2 heteroatoms. The van der Waals surface area contributed by atoms with Crippen molar-refractivity contribution in [3.8, 4) is 0 Å². The standard InChI is InChI=1S/C15H25NO/c1-4-5-8-13(2)16-11-14-9-6-7-10-15(14)12-17-3/h6-7,9-10,13,16H,4-5,8,11-12H2,1-3H3. The van der Waals surface area contributed by atoms with Gasteiger partial charge in [0.1, 0.15) is 0 Å². The summed E-state index contributed by atoms with van der Waals surface area (Å²) in [4.78, 5) is 0. The summed E-state index contributed by atoms with van der Waals surface area (Å²) in [5.74, 6) is 0. The fourth-order valence-corrected chi connectivity index (χ4v) is 1.92. The summed E-state index contributed by atoms with van der Waals surface area (Å²) in [5, 5.41) is 3.58. The van der Waals surface area contributed by atoms with Gasteiger partial charge in [-0.15, -0.1) is 0 Å². The summed E-state index contributed by atoms with van der Waals surface area (Å²) in [7, 11) is 1.74. The lowest BCUT2D eigenvalue weighted by molar-refractivity contribution is 0.184. The Morgan fingerprint density at radius 1 is 1.24 bits per heavy atom. The average Bonchev–Trinajstić information content (AvgIpc) is 2.35. The van der Waals surface area contributed by atoms with E-state index in [1.165, 1.54) is 30.4 Å². The Morgan fingerprint density at radius 3 is 2.59 bits per heavy atom. The summed E-state index contributed by atoms with van der Waals surface area (Å²) in [6.07, 6.45) is 3.82. The van der Waals surface area contributed by atoms with Crippen LogP contribution in [0.2, 0.25) is 0 Å². The van der Waals surface area contributed by atoms with E-state index in [2.05, 4.69) is 43.4 Å². The lowest BCUT2D eigenvalue weighted by Crippen LogP contribution is -2.25. The zero-order chi connectivity index (χ0) is 12.5. The first-order valence-corrected chi connectivity index (χ1v) is 6.57. The van der Waals surface area contributed by atoms with Crippen LogP contribution in [0.5, 0.6) is 0 Å². The SMILES string of the molecule is CCCCC(C)NCc1ccccc1COC. The van der Waals surface area contributed by atoms with E-state index in [0.717, 1.165) is 6.54 Å². The minimum atomic E-state index is 0.588. The normalized spacial score (nSPS) is 12.6. The molecule has 0 aromatic heterocycles. The lowest BCUT2D eigenvalue weighted by atomic mass is 10.1.